The van der Waals surface area contributed by atoms with Crippen molar-refractivity contribution in [2.45, 2.75) is 212 Å². The molecule has 0 bridgehead atoms. The Balaban J connectivity index is 2.04. The van der Waals surface area contributed by atoms with Crippen LogP contribution in [0.2, 0.25) is 0 Å². The molecule has 0 aromatic rings. The van der Waals surface area contributed by atoms with Gasteiger partial charge in [-0.3, -0.25) is 9.59 Å². The SMILES string of the molecule is CCCCC[C@H](O)/C=C/[C@H]1OC(O)C[C@H](O)[C@@H]1C/C=C\CCCC(=O)OC[C@@H](O)COC(=O)CCCCCCCCCCCCCCCCC(C)C. The Morgan fingerprint density at radius 3 is 1.79 bits per heavy atom. The van der Waals surface area contributed by atoms with Gasteiger partial charge < -0.3 is 34.6 Å². The lowest BCUT2D eigenvalue weighted by molar-refractivity contribution is -0.199. The topological polar surface area (TPSA) is 143 Å². The quantitative estimate of drug-likeness (QED) is 0.0295. The molecule has 4 N–H and O–H groups in total. The summed E-state index contributed by atoms with van der Waals surface area (Å²) in [7, 11) is 0. The number of ether oxygens (including phenoxy) is 3. The first kappa shape index (κ1) is 48.2. The van der Waals surface area contributed by atoms with E-state index in [1.165, 1.54) is 77.0 Å². The molecule has 1 saturated heterocycles. The maximum absolute atomic E-state index is 12.1. The highest BCUT2D eigenvalue weighted by Crippen LogP contribution is 2.29. The Hall–Kier alpha value is -1.78. The zero-order valence-electron chi connectivity index (χ0n) is 33.3. The molecule has 0 saturated carbocycles. The highest BCUT2D eigenvalue weighted by molar-refractivity contribution is 5.69. The molecule has 1 heterocycles. The molecule has 0 aromatic carbocycles. The Bertz CT molecular complexity index is 920. The average molecular weight is 739 g/mol. The number of hydrogen-bond donors (Lipinski definition) is 4. The second-order valence-electron chi connectivity index (χ2n) is 15.5. The summed E-state index contributed by atoms with van der Waals surface area (Å²) < 4.78 is 16.0. The molecule has 0 spiro atoms. The van der Waals surface area contributed by atoms with Crippen LogP contribution < -0.4 is 0 Å². The Labute approximate surface area is 317 Å². The molecule has 1 fully saturated rings. The number of aliphatic hydroxyl groups excluding tert-OH is 4. The molecule has 9 heteroatoms. The van der Waals surface area contributed by atoms with Crippen molar-refractivity contribution in [2.75, 3.05) is 13.2 Å². The van der Waals surface area contributed by atoms with Crippen LogP contribution in [-0.2, 0) is 23.8 Å². The standard InChI is InChI=1S/C43H78O9/c1-4-5-20-26-36(44)30-31-40-38(39(46)32-43(49)52-40)27-22-18-19-24-29-42(48)51-34-37(45)33-50-41(47)28-23-17-15-13-11-9-7-6-8-10-12-14-16-21-25-35(2)3/h18,22,30-31,35-40,43-46,49H,4-17,19-21,23-29,32-34H2,1-3H3/b22-18-,31-30+/t36-,37-,38-,39-,40+,43?/m0/s1. The van der Waals surface area contributed by atoms with Crippen molar-refractivity contribution in [3.63, 3.8) is 0 Å². The lowest BCUT2D eigenvalue weighted by Gasteiger charge is -2.36. The zero-order chi connectivity index (χ0) is 38.2. The van der Waals surface area contributed by atoms with E-state index in [1.54, 1.807) is 12.2 Å². The summed E-state index contributed by atoms with van der Waals surface area (Å²) in [6, 6.07) is 0. The van der Waals surface area contributed by atoms with Gasteiger partial charge >= 0.3 is 11.9 Å². The van der Waals surface area contributed by atoms with Crippen molar-refractivity contribution < 1.29 is 44.2 Å². The van der Waals surface area contributed by atoms with E-state index in [1.807, 2.05) is 12.2 Å². The minimum atomic E-state index is -1.05. The van der Waals surface area contributed by atoms with E-state index in [-0.39, 0.29) is 37.9 Å². The number of aliphatic hydroxyl groups is 4. The van der Waals surface area contributed by atoms with Gasteiger partial charge in [0.2, 0.25) is 0 Å². The fraction of sp³-hybridized carbons (Fsp3) is 0.860. The fourth-order valence-corrected chi connectivity index (χ4v) is 6.60. The summed E-state index contributed by atoms with van der Waals surface area (Å²) >= 11 is 0. The monoisotopic (exact) mass is 739 g/mol. The predicted octanol–water partition coefficient (Wildman–Crippen LogP) is 9.03. The van der Waals surface area contributed by atoms with Crippen molar-refractivity contribution in [2.24, 2.45) is 11.8 Å². The summed E-state index contributed by atoms with van der Waals surface area (Å²) in [5, 5.41) is 40.8. The third-order valence-electron chi connectivity index (χ3n) is 9.91. The largest absolute Gasteiger partial charge is 0.463 e. The fourth-order valence-electron chi connectivity index (χ4n) is 6.60. The van der Waals surface area contributed by atoms with E-state index >= 15 is 0 Å². The van der Waals surface area contributed by atoms with Crippen LogP contribution in [0.25, 0.3) is 0 Å². The van der Waals surface area contributed by atoms with Gasteiger partial charge in [0.25, 0.3) is 0 Å². The Morgan fingerprint density at radius 2 is 1.23 bits per heavy atom. The van der Waals surface area contributed by atoms with Crippen LogP contribution in [0.15, 0.2) is 24.3 Å². The Morgan fingerprint density at radius 1 is 0.712 bits per heavy atom. The molecule has 0 aromatic heterocycles. The van der Waals surface area contributed by atoms with Crippen LogP contribution in [-0.4, -0.2) is 76.3 Å². The first-order valence-electron chi connectivity index (χ1n) is 21.1. The summed E-state index contributed by atoms with van der Waals surface area (Å²) in [6.45, 7) is 6.32. The van der Waals surface area contributed by atoms with Crippen LogP contribution in [0, 0.1) is 11.8 Å². The van der Waals surface area contributed by atoms with Crippen LogP contribution in [0.1, 0.15) is 181 Å². The van der Waals surface area contributed by atoms with Crippen molar-refractivity contribution >= 4 is 11.9 Å². The van der Waals surface area contributed by atoms with E-state index < -0.39 is 36.7 Å². The number of carbonyl (C=O) groups excluding carboxylic acids is 2. The highest BCUT2D eigenvalue weighted by Gasteiger charge is 2.35. The summed E-state index contributed by atoms with van der Waals surface area (Å²) in [4.78, 5) is 24.1. The summed E-state index contributed by atoms with van der Waals surface area (Å²) in [5.41, 5.74) is 0. The van der Waals surface area contributed by atoms with E-state index in [0.717, 1.165) is 44.4 Å². The molecule has 0 radical (unpaired) electrons. The maximum Gasteiger partial charge on any atom is 0.305 e. The van der Waals surface area contributed by atoms with Crippen LogP contribution >= 0.6 is 0 Å². The first-order valence-corrected chi connectivity index (χ1v) is 21.1. The minimum Gasteiger partial charge on any atom is -0.463 e. The molecule has 0 amide bonds. The third-order valence-corrected chi connectivity index (χ3v) is 9.91. The van der Waals surface area contributed by atoms with Crippen LogP contribution in [0.3, 0.4) is 0 Å². The molecular weight excluding hydrogens is 660 g/mol. The van der Waals surface area contributed by atoms with Gasteiger partial charge in [-0.1, -0.05) is 154 Å². The minimum absolute atomic E-state index is 0.137. The molecule has 1 aliphatic heterocycles. The van der Waals surface area contributed by atoms with Gasteiger partial charge in [-0.25, -0.2) is 0 Å². The highest BCUT2D eigenvalue weighted by atomic mass is 16.6. The van der Waals surface area contributed by atoms with Crippen molar-refractivity contribution in [1.29, 1.82) is 0 Å². The number of esters is 2. The normalized spacial score (nSPS) is 20.5. The number of carbonyl (C=O) groups is 2. The van der Waals surface area contributed by atoms with E-state index in [2.05, 4.69) is 20.8 Å². The molecule has 1 aliphatic rings. The third kappa shape index (κ3) is 27.8. The van der Waals surface area contributed by atoms with Crippen molar-refractivity contribution in [3.05, 3.63) is 24.3 Å². The van der Waals surface area contributed by atoms with Crippen LogP contribution in [0.5, 0.6) is 0 Å². The molecule has 1 unspecified atom stereocenters. The van der Waals surface area contributed by atoms with E-state index in [4.69, 9.17) is 14.2 Å². The summed E-state index contributed by atoms with van der Waals surface area (Å²) in [5.74, 6) is -0.168. The van der Waals surface area contributed by atoms with Gasteiger partial charge in [-0.15, -0.1) is 0 Å². The van der Waals surface area contributed by atoms with Gasteiger partial charge in [0.15, 0.2) is 6.29 Å². The van der Waals surface area contributed by atoms with Gasteiger partial charge in [0.1, 0.15) is 19.3 Å². The smallest absolute Gasteiger partial charge is 0.305 e. The Kier molecular flexibility index (Phi) is 30.3. The molecule has 6 atom stereocenters. The predicted molar refractivity (Wildman–Crippen MR) is 209 cm³/mol. The molecule has 304 valence electrons. The van der Waals surface area contributed by atoms with Gasteiger partial charge in [0, 0.05) is 25.2 Å². The number of allylic oxidation sites excluding steroid dienone is 2. The molecule has 1 rings (SSSR count). The van der Waals surface area contributed by atoms with Crippen molar-refractivity contribution in [1.82, 2.24) is 0 Å². The second-order valence-corrected chi connectivity index (χ2v) is 15.5. The number of hydrogen-bond acceptors (Lipinski definition) is 9. The zero-order valence-corrected chi connectivity index (χ0v) is 33.3. The molecular formula is C43H78O9. The molecule has 9 nitrogen and oxygen atoms in total. The van der Waals surface area contributed by atoms with Gasteiger partial charge in [-0.2, -0.15) is 0 Å². The number of rotatable bonds is 33. The van der Waals surface area contributed by atoms with Crippen molar-refractivity contribution in [3.8, 4) is 0 Å². The second kappa shape index (κ2) is 32.6. The lowest BCUT2D eigenvalue weighted by atomic mass is 9.87. The summed E-state index contributed by atoms with van der Waals surface area (Å²) in [6.07, 6.45) is 28.6. The average Bonchev–Trinajstić information content (AvgIpc) is 3.10. The maximum atomic E-state index is 12.1. The molecule has 0 aliphatic carbocycles. The first-order chi connectivity index (χ1) is 25.1. The van der Waals surface area contributed by atoms with E-state index in [0.29, 0.717) is 32.1 Å². The van der Waals surface area contributed by atoms with E-state index in [9.17, 15) is 30.0 Å². The molecule has 52 heavy (non-hydrogen) atoms. The van der Waals surface area contributed by atoms with Crippen LogP contribution in [0.4, 0.5) is 0 Å². The van der Waals surface area contributed by atoms with Gasteiger partial charge in [0.05, 0.1) is 18.3 Å². The lowest BCUT2D eigenvalue weighted by Crippen LogP contribution is -2.43. The number of unbranched alkanes of at least 4 members (excludes halogenated alkanes) is 16. The van der Waals surface area contributed by atoms with Gasteiger partial charge in [-0.05, 0) is 38.0 Å².